The molecule has 0 aliphatic carbocycles. The summed E-state index contributed by atoms with van der Waals surface area (Å²) >= 11 is 1.31. The van der Waals surface area contributed by atoms with Crippen LogP contribution in [0.5, 0.6) is 0 Å². The maximum absolute atomic E-state index is 12.5. The highest BCUT2D eigenvalue weighted by atomic mass is 32.1. The SMILES string of the molecule is Cc1ccc(-c2csc(NC(=O)COC(=O)c3ccc4nc(-c5ccccc5)[nH]c4c3)n2)cc1. The number of carbonyl (C=O) groups excluding carboxylic acids is 2. The molecule has 7 nitrogen and oxygen atoms in total. The summed E-state index contributed by atoms with van der Waals surface area (Å²) in [5, 5.41) is 5.00. The Morgan fingerprint density at radius 2 is 1.76 bits per heavy atom. The van der Waals surface area contributed by atoms with Gasteiger partial charge in [0.2, 0.25) is 0 Å². The van der Waals surface area contributed by atoms with Gasteiger partial charge < -0.3 is 9.72 Å². The van der Waals surface area contributed by atoms with Gasteiger partial charge in [0.15, 0.2) is 11.7 Å². The number of aromatic amines is 1. The number of fused-ring (bicyclic) bond motifs is 1. The van der Waals surface area contributed by atoms with Crippen LogP contribution in [0.15, 0.2) is 78.2 Å². The Kier molecular flexibility index (Phi) is 5.88. The minimum absolute atomic E-state index is 0.333. The summed E-state index contributed by atoms with van der Waals surface area (Å²) in [4.78, 5) is 37.0. The van der Waals surface area contributed by atoms with Crippen molar-refractivity contribution in [3.05, 3.63) is 89.3 Å². The molecular weight excluding hydrogens is 448 g/mol. The fraction of sp³-hybridized carbons (Fsp3) is 0.0769. The van der Waals surface area contributed by atoms with Crippen LogP contribution in [-0.2, 0) is 9.53 Å². The summed E-state index contributed by atoms with van der Waals surface area (Å²) in [6.45, 7) is 1.61. The quantitative estimate of drug-likeness (QED) is 0.323. The number of nitrogens with zero attached hydrogens (tertiary/aromatic N) is 2. The van der Waals surface area contributed by atoms with Crippen molar-refractivity contribution in [3.8, 4) is 22.6 Å². The van der Waals surface area contributed by atoms with Crippen molar-refractivity contribution in [2.75, 3.05) is 11.9 Å². The predicted molar refractivity (Wildman–Crippen MR) is 133 cm³/mol. The van der Waals surface area contributed by atoms with Crippen LogP contribution in [0, 0.1) is 6.92 Å². The Hall–Kier alpha value is -4.30. The van der Waals surface area contributed by atoms with Gasteiger partial charge in [-0.15, -0.1) is 11.3 Å². The summed E-state index contributed by atoms with van der Waals surface area (Å²) in [6, 6.07) is 22.8. The molecule has 0 fully saturated rings. The molecule has 1 amide bonds. The molecule has 5 rings (SSSR count). The lowest BCUT2D eigenvalue weighted by Gasteiger charge is -2.05. The molecular formula is C26H20N4O3S. The molecule has 0 aliphatic rings. The number of amides is 1. The lowest BCUT2D eigenvalue weighted by molar-refractivity contribution is -0.119. The molecule has 5 aromatic rings. The first-order chi connectivity index (χ1) is 16.5. The van der Waals surface area contributed by atoms with E-state index in [0.717, 1.165) is 27.9 Å². The molecule has 0 radical (unpaired) electrons. The van der Waals surface area contributed by atoms with E-state index in [0.29, 0.717) is 22.0 Å². The fourth-order valence-corrected chi connectivity index (χ4v) is 4.16. The average molecular weight is 469 g/mol. The van der Waals surface area contributed by atoms with E-state index in [1.807, 2.05) is 66.9 Å². The van der Waals surface area contributed by atoms with E-state index in [-0.39, 0.29) is 0 Å². The van der Waals surface area contributed by atoms with E-state index in [2.05, 4.69) is 20.3 Å². The van der Waals surface area contributed by atoms with Crippen LogP contribution in [0.25, 0.3) is 33.7 Å². The molecule has 2 N–H and O–H groups in total. The highest BCUT2D eigenvalue weighted by Gasteiger charge is 2.14. The summed E-state index contributed by atoms with van der Waals surface area (Å²) < 4.78 is 5.20. The van der Waals surface area contributed by atoms with Gasteiger partial charge in [0.25, 0.3) is 5.91 Å². The Morgan fingerprint density at radius 1 is 0.971 bits per heavy atom. The Morgan fingerprint density at radius 3 is 2.56 bits per heavy atom. The summed E-state index contributed by atoms with van der Waals surface area (Å²) in [5.41, 5.74) is 5.65. The van der Waals surface area contributed by atoms with Crippen LogP contribution >= 0.6 is 11.3 Å². The third-order valence-electron chi connectivity index (χ3n) is 5.20. The third kappa shape index (κ3) is 4.72. The Labute approximate surface area is 199 Å². The summed E-state index contributed by atoms with van der Waals surface area (Å²) in [7, 11) is 0. The second kappa shape index (κ2) is 9.29. The predicted octanol–water partition coefficient (Wildman–Crippen LogP) is 5.46. The smallest absolute Gasteiger partial charge is 0.338 e. The number of hydrogen-bond acceptors (Lipinski definition) is 6. The van der Waals surface area contributed by atoms with E-state index in [9.17, 15) is 9.59 Å². The van der Waals surface area contributed by atoms with Crippen LogP contribution in [0.3, 0.4) is 0 Å². The monoisotopic (exact) mass is 468 g/mol. The second-order valence-electron chi connectivity index (χ2n) is 7.71. The normalized spacial score (nSPS) is 10.9. The van der Waals surface area contributed by atoms with Gasteiger partial charge in [0.05, 0.1) is 22.3 Å². The van der Waals surface area contributed by atoms with Gasteiger partial charge in [0.1, 0.15) is 5.82 Å². The first kappa shape index (κ1) is 21.5. The Balaban J connectivity index is 1.20. The van der Waals surface area contributed by atoms with E-state index >= 15 is 0 Å². The lowest BCUT2D eigenvalue weighted by Crippen LogP contribution is -2.20. The van der Waals surface area contributed by atoms with Gasteiger partial charge in [-0.05, 0) is 25.1 Å². The number of thiazole rings is 1. The van der Waals surface area contributed by atoms with Crippen LogP contribution in [0.4, 0.5) is 5.13 Å². The van der Waals surface area contributed by atoms with Gasteiger partial charge in [0, 0.05) is 16.5 Å². The number of imidazole rings is 1. The maximum Gasteiger partial charge on any atom is 0.338 e. The van der Waals surface area contributed by atoms with Crippen molar-refractivity contribution >= 4 is 39.4 Å². The molecule has 2 aromatic heterocycles. The molecule has 3 aromatic carbocycles. The number of aromatic nitrogens is 3. The number of carbonyl (C=O) groups is 2. The molecule has 0 atom stereocenters. The molecule has 34 heavy (non-hydrogen) atoms. The van der Waals surface area contributed by atoms with Gasteiger partial charge in [-0.2, -0.15) is 0 Å². The van der Waals surface area contributed by atoms with Gasteiger partial charge >= 0.3 is 5.97 Å². The van der Waals surface area contributed by atoms with Gasteiger partial charge in [-0.25, -0.2) is 14.8 Å². The van der Waals surface area contributed by atoms with Crippen molar-refractivity contribution in [2.24, 2.45) is 0 Å². The average Bonchev–Trinajstić information content (AvgIpc) is 3.50. The number of H-pyrrole nitrogens is 1. The number of hydrogen-bond donors (Lipinski definition) is 2. The molecule has 168 valence electrons. The molecule has 2 heterocycles. The van der Waals surface area contributed by atoms with Crippen LogP contribution in [-0.4, -0.2) is 33.4 Å². The summed E-state index contributed by atoms with van der Waals surface area (Å²) in [6.07, 6.45) is 0. The van der Waals surface area contributed by atoms with Crippen molar-refractivity contribution in [3.63, 3.8) is 0 Å². The number of esters is 1. The largest absolute Gasteiger partial charge is 0.452 e. The summed E-state index contributed by atoms with van der Waals surface area (Å²) in [5.74, 6) is -0.325. The topological polar surface area (TPSA) is 97.0 Å². The van der Waals surface area contributed by atoms with Crippen LogP contribution in [0.2, 0.25) is 0 Å². The first-order valence-electron chi connectivity index (χ1n) is 10.6. The molecule has 0 unspecified atom stereocenters. The van der Waals surface area contributed by atoms with Crippen molar-refractivity contribution in [1.82, 2.24) is 15.0 Å². The minimum Gasteiger partial charge on any atom is -0.452 e. The van der Waals surface area contributed by atoms with E-state index in [1.54, 1.807) is 18.2 Å². The van der Waals surface area contributed by atoms with E-state index < -0.39 is 18.5 Å². The first-order valence-corrected chi connectivity index (χ1v) is 11.5. The zero-order valence-electron chi connectivity index (χ0n) is 18.2. The van der Waals surface area contributed by atoms with Crippen LogP contribution in [0.1, 0.15) is 15.9 Å². The number of ether oxygens (including phenoxy) is 1. The zero-order valence-corrected chi connectivity index (χ0v) is 19.1. The maximum atomic E-state index is 12.5. The van der Waals surface area contributed by atoms with Crippen molar-refractivity contribution in [1.29, 1.82) is 0 Å². The van der Waals surface area contributed by atoms with E-state index in [4.69, 9.17) is 4.74 Å². The van der Waals surface area contributed by atoms with Crippen molar-refractivity contribution in [2.45, 2.75) is 6.92 Å². The zero-order chi connectivity index (χ0) is 23.5. The number of aryl methyl sites for hydroxylation is 1. The van der Waals surface area contributed by atoms with Gasteiger partial charge in [-0.1, -0.05) is 60.2 Å². The molecule has 0 spiro atoms. The highest BCUT2D eigenvalue weighted by Crippen LogP contribution is 2.25. The van der Waals surface area contributed by atoms with E-state index in [1.165, 1.54) is 11.3 Å². The molecule has 0 saturated carbocycles. The second-order valence-corrected chi connectivity index (χ2v) is 8.57. The minimum atomic E-state index is -0.590. The standard InChI is InChI=1S/C26H20N4O3S/c1-16-7-9-17(10-8-16)22-15-34-26(29-22)30-23(31)14-33-25(32)19-11-12-20-21(13-19)28-24(27-20)18-5-3-2-4-6-18/h2-13,15H,14H2,1H3,(H,27,28)(H,29,30,31). The van der Waals surface area contributed by atoms with Crippen LogP contribution < -0.4 is 5.32 Å². The highest BCUT2D eigenvalue weighted by molar-refractivity contribution is 7.14. The fourth-order valence-electron chi connectivity index (χ4n) is 3.43. The van der Waals surface area contributed by atoms with Gasteiger partial charge in [-0.3, -0.25) is 10.1 Å². The number of rotatable bonds is 6. The number of benzene rings is 3. The third-order valence-corrected chi connectivity index (χ3v) is 5.95. The molecule has 0 saturated heterocycles. The number of nitrogens with one attached hydrogen (secondary N) is 2. The number of anilines is 1. The molecule has 0 bridgehead atoms. The Bertz CT molecular complexity index is 1470. The molecule has 0 aliphatic heterocycles. The lowest BCUT2D eigenvalue weighted by atomic mass is 10.1. The van der Waals surface area contributed by atoms with Crippen molar-refractivity contribution < 1.29 is 14.3 Å². The molecule has 8 heteroatoms.